The summed E-state index contributed by atoms with van der Waals surface area (Å²) in [6.07, 6.45) is -3.18. The van der Waals surface area contributed by atoms with Crippen LogP contribution >= 0.6 is 11.3 Å². The second-order valence-corrected chi connectivity index (χ2v) is 4.97. The Balaban J connectivity index is 0.000000861. The zero-order chi connectivity index (χ0) is 14.6. The number of aryl methyl sites for hydroxylation is 2. The van der Waals surface area contributed by atoms with Crippen molar-refractivity contribution in [3.63, 3.8) is 0 Å². The number of nitrogens with zero attached hydrogens (tertiary/aromatic N) is 2. The van der Waals surface area contributed by atoms with Crippen molar-refractivity contribution in [2.45, 2.75) is 33.9 Å². The van der Waals surface area contributed by atoms with Crippen molar-refractivity contribution in [1.82, 2.24) is 9.97 Å². The van der Waals surface area contributed by atoms with Gasteiger partial charge in [-0.3, -0.25) is 4.98 Å². The fourth-order valence-electron chi connectivity index (χ4n) is 1.50. The van der Waals surface area contributed by atoms with Gasteiger partial charge >= 0.3 is 6.18 Å². The van der Waals surface area contributed by atoms with Gasteiger partial charge in [-0.2, -0.15) is 13.2 Å². The maximum atomic E-state index is 12.3. The van der Waals surface area contributed by atoms with Crippen LogP contribution in [0.25, 0.3) is 11.3 Å². The number of alkyl halides is 3. The van der Waals surface area contributed by atoms with Crippen LogP contribution in [0.3, 0.4) is 0 Å². The van der Waals surface area contributed by atoms with Gasteiger partial charge in [-0.05, 0) is 26.0 Å². The molecule has 0 aliphatic carbocycles. The highest BCUT2D eigenvalue weighted by Crippen LogP contribution is 2.30. The van der Waals surface area contributed by atoms with Gasteiger partial charge in [-0.1, -0.05) is 13.8 Å². The molecule has 0 N–H and O–H groups in total. The molecule has 2 heterocycles. The van der Waals surface area contributed by atoms with Gasteiger partial charge in [0.15, 0.2) is 0 Å². The van der Waals surface area contributed by atoms with Crippen LogP contribution in [0, 0.1) is 13.8 Å². The Hall–Kier alpha value is -1.43. The van der Waals surface area contributed by atoms with E-state index in [1.54, 1.807) is 0 Å². The van der Waals surface area contributed by atoms with Gasteiger partial charge in [0.1, 0.15) is 5.69 Å². The molecule has 2 aromatic heterocycles. The highest BCUT2D eigenvalue weighted by atomic mass is 32.1. The number of aromatic nitrogens is 2. The summed E-state index contributed by atoms with van der Waals surface area (Å²) in [6.45, 7) is 7.75. The maximum absolute atomic E-state index is 12.3. The zero-order valence-electron chi connectivity index (χ0n) is 11.2. The van der Waals surface area contributed by atoms with E-state index in [0.29, 0.717) is 11.3 Å². The van der Waals surface area contributed by atoms with Gasteiger partial charge in [0, 0.05) is 16.6 Å². The van der Waals surface area contributed by atoms with Crippen LogP contribution in [0.15, 0.2) is 18.3 Å². The van der Waals surface area contributed by atoms with E-state index < -0.39 is 11.9 Å². The second-order valence-electron chi connectivity index (χ2n) is 3.57. The first-order chi connectivity index (χ1) is 8.88. The molecule has 0 fully saturated rings. The number of hydrogen-bond donors (Lipinski definition) is 0. The molecule has 0 aromatic carbocycles. The average Bonchev–Trinajstić information content (AvgIpc) is 2.70. The summed E-state index contributed by atoms with van der Waals surface area (Å²) in [6, 6.07) is 2.38. The van der Waals surface area contributed by atoms with E-state index in [0.717, 1.165) is 16.0 Å². The first-order valence-electron chi connectivity index (χ1n) is 5.85. The highest BCUT2D eigenvalue weighted by Gasteiger charge is 2.32. The van der Waals surface area contributed by atoms with Crippen LogP contribution in [0.1, 0.15) is 29.4 Å². The van der Waals surface area contributed by atoms with Crippen molar-refractivity contribution >= 4 is 11.3 Å². The third-order valence-electron chi connectivity index (χ3n) is 2.23. The Morgan fingerprint density at radius 3 is 2.11 bits per heavy atom. The molecule has 0 saturated heterocycles. The Bertz CT molecular complexity index is 530. The quantitative estimate of drug-likeness (QED) is 0.748. The lowest BCUT2D eigenvalue weighted by atomic mass is 10.2. The molecule has 19 heavy (non-hydrogen) atoms. The summed E-state index contributed by atoms with van der Waals surface area (Å²) >= 11 is 1.51. The molecule has 0 spiro atoms. The van der Waals surface area contributed by atoms with Crippen LogP contribution in [0.5, 0.6) is 0 Å². The predicted molar refractivity (Wildman–Crippen MR) is 71.2 cm³/mol. The molecule has 2 rings (SSSR count). The summed E-state index contributed by atoms with van der Waals surface area (Å²) in [4.78, 5) is 8.66. The van der Waals surface area contributed by atoms with Crippen molar-refractivity contribution in [3.05, 3.63) is 33.9 Å². The maximum Gasteiger partial charge on any atom is 0.433 e. The number of halogens is 3. The van der Waals surface area contributed by atoms with Gasteiger partial charge in [0.2, 0.25) is 0 Å². The topological polar surface area (TPSA) is 25.8 Å². The third-order valence-corrected chi connectivity index (χ3v) is 3.12. The van der Waals surface area contributed by atoms with Crippen molar-refractivity contribution in [1.29, 1.82) is 0 Å². The first-order valence-corrected chi connectivity index (χ1v) is 6.67. The van der Waals surface area contributed by atoms with E-state index in [1.807, 2.05) is 27.7 Å². The van der Waals surface area contributed by atoms with E-state index in [-0.39, 0.29) is 0 Å². The van der Waals surface area contributed by atoms with Crippen molar-refractivity contribution in [3.8, 4) is 11.3 Å². The summed E-state index contributed by atoms with van der Waals surface area (Å²) in [5.41, 5.74) is 0.430. The van der Waals surface area contributed by atoms with Gasteiger partial charge in [0.05, 0.1) is 10.7 Å². The van der Waals surface area contributed by atoms with Crippen LogP contribution < -0.4 is 0 Å². The fourth-order valence-corrected chi connectivity index (χ4v) is 2.34. The van der Waals surface area contributed by atoms with Crippen molar-refractivity contribution in [2.75, 3.05) is 0 Å². The van der Waals surface area contributed by atoms with Crippen LogP contribution in [0.4, 0.5) is 13.2 Å². The van der Waals surface area contributed by atoms with Crippen molar-refractivity contribution in [2.24, 2.45) is 0 Å². The molecule has 0 bridgehead atoms. The summed E-state index contributed by atoms with van der Waals surface area (Å²) in [5, 5.41) is 0.886. The minimum Gasteiger partial charge on any atom is -0.251 e. The molecular formula is C13H15F3N2S. The van der Waals surface area contributed by atoms with Crippen molar-refractivity contribution < 1.29 is 13.2 Å². The van der Waals surface area contributed by atoms with Gasteiger partial charge in [-0.25, -0.2) is 4.98 Å². The first kappa shape index (κ1) is 15.6. The minimum absolute atomic E-state index is 0.611. The lowest BCUT2D eigenvalue weighted by molar-refractivity contribution is -0.141. The fraction of sp³-hybridized carbons (Fsp3) is 0.385. The Morgan fingerprint density at radius 1 is 1.11 bits per heavy atom. The Morgan fingerprint density at radius 2 is 1.74 bits per heavy atom. The van der Waals surface area contributed by atoms with Gasteiger partial charge in [0.25, 0.3) is 0 Å². The SMILES string of the molecule is CC.Cc1nc(-c2ccc(C(F)(F)F)nc2)c(C)s1. The molecule has 104 valence electrons. The molecular weight excluding hydrogens is 273 g/mol. The lowest BCUT2D eigenvalue weighted by Gasteiger charge is -2.05. The van der Waals surface area contributed by atoms with Gasteiger partial charge in [-0.15, -0.1) is 11.3 Å². The highest BCUT2D eigenvalue weighted by molar-refractivity contribution is 7.11. The number of pyridine rings is 1. The molecule has 2 aromatic rings. The van der Waals surface area contributed by atoms with E-state index in [9.17, 15) is 13.2 Å². The molecule has 0 saturated carbocycles. The molecule has 0 amide bonds. The van der Waals surface area contributed by atoms with Crippen LogP contribution in [0.2, 0.25) is 0 Å². The van der Waals surface area contributed by atoms with E-state index in [1.165, 1.54) is 23.6 Å². The number of thiazole rings is 1. The van der Waals surface area contributed by atoms with E-state index in [4.69, 9.17) is 0 Å². The van der Waals surface area contributed by atoms with Gasteiger partial charge < -0.3 is 0 Å². The molecule has 6 heteroatoms. The molecule has 0 unspecified atom stereocenters. The molecule has 2 nitrogen and oxygen atoms in total. The monoisotopic (exact) mass is 288 g/mol. The second kappa shape index (κ2) is 6.14. The molecule has 0 radical (unpaired) electrons. The normalized spacial score (nSPS) is 10.9. The Labute approximate surface area is 114 Å². The molecule has 0 aliphatic rings. The largest absolute Gasteiger partial charge is 0.433 e. The smallest absolute Gasteiger partial charge is 0.251 e. The number of hydrogen-bond acceptors (Lipinski definition) is 3. The zero-order valence-corrected chi connectivity index (χ0v) is 12.0. The molecule has 0 aliphatic heterocycles. The number of rotatable bonds is 1. The minimum atomic E-state index is -4.40. The van der Waals surface area contributed by atoms with E-state index >= 15 is 0 Å². The average molecular weight is 288 g/mol. The summed E-state index contributed by atoms with van der Waals surface area (Å²) in [5.74, 6) is 0. The predicted octanol–water partition coefficient (Wildman–Crippen LogP) is 4.87. The van der Waals surface area contributed by atoms with Crippen LogP contribution in [-0.4, -0.2) is 9.97 Å². The third kappa shape index (κ3) is 3.76. The summed E-state index contributed by atoms with van der Waals surface area (Å²) in [7, 11) is 0. The summed E-state index contributed by atoms with van der Waals surface area (Å²) < 4.78 is 37.0. The molecule has 0 atom stereocenters. The Kier molecular flexibility index (Phi) is 5.05. The van der Waals surface area contributed by atoms with E-state index in [2.05, 4.69) is 9.97 Å². The standard InChI is InChI=1S/C11H9F3N2S.C2H6/c1-6-10(16-7(2)17-6)8-3-4-9(15-5-8)11(12,13)14;1-2/h3-5H,1-2H3;1-2H3. The van der Waals surface area contributed by atoms with Crippen LogP contribution in [-0.2, 0) is 6.18 Å². The lowest BCUT2D eigenvalue weighted by Crippen LogP contribution is -2.07.